The van der Waals surface area contributed by atoms with Gasteiger partial charge >= 0.3 is 0 Å². The Morgan fingerprint density at radius 3 is 3.12 bits per heavy atom. The third-order valence-electron chi connectivity index (χ3n) is 2.63. The van der Waals surface area contributed by atoms with Crippen molar-refractivity contribution in [3.63, 3.8) is 0 Å². The molecule has 0 atom stereocenters. The van der Waals surface area contributed by atoms with Gasteiger partial charge < -0.3 is 4.74 Å². The number of hydrogen-bond acceptors (Lipinski definition) is 3. The molecule has 1 aromatic carbocycles. The average molecular weight is 252 g/mol. The zero-order chi connectivity index (χ0) is 11.0. The molecule has 16 heavy (non-hydrogen) atoms. The fraction of sp³-hybridized carbons (Fsp3) is 0.250. The quantitative estimate of drug-likeness (QED) is 0.769. The summed E-state index contributed by atoms with van der Waals surface area (Å²) in [5.74, 6) is 1.01. The molecule has 0 N–H and O–H groups in total. The molecule has 1 aliphatic rings. The smallest absolute Gasteiger partial charge is 0.140 e. The van der Waals surface area contributed by atoms with Crippen LogP contribution in [0.3, 0.4) is 0 Å². The zero-order valence-electron chi connectivity index (χ0n) is 8.57. The predicted octanol–water partition coefficient (Wildman–Crippen LogP) is 3.79. The van der Waals surface area contributed by atoms with Crippen LogP contribution in [0, 0.1) is 0 Å². The Hall–Kier alpha value is -1.06. The molecule has 0 radical (unpaired) electrons. The van der Waals surface area contributed by atoms with Gasteiger partial charge in [-0.05, 0) is 36.6 Å². The first-order chi connectivity index (χ1) is 7.83. The number of aryl methyl sites for hydroxylation is 1. The van der Waals surface area contributed by atoms with Gasteiger partial charge in [0.1, 0.15) is 15.9 Å². The Balaban J connectivity index is 2.02. The second kappa shape index (κ2) is 4.07. The maximum absolute atomic E-state index is 5.83. The molecule has 3 rings (SSSR count). The standard InChI is InChI=1S/C12H10ClNOS/c13-11-7-16-12(14-11)9-3-4-10-8(6-9)2-1-5-15-10/h3-4,6-7H,1-2,5H2. The average Bonchev–Trinajstić information content (AvgIpc) is 2.75. The Kier molecular flexibility index (Phi) is 2.58. The van der Waals surface area contributed by atoms with E-state index < -0.39 is 0 Å². The molecular weight excluding hydrogens is 242 g/mol. The molecule has 2 heterocycles. The fourth-order valence-corrected chi connectivity index (χ4v) is 2.82. The van der Waals surface area contributed by atoms with Crippen molar-refractivity contribution in [1.29, 1.82) is 0 Å². The molecule has 2 nitrogen and oxygen atoms in total. The van der Waals surface area contributed by atoms with Crippen LogP contribution in [-0.4, -0.2) is 11.6 Å². The first-order valence-electron chi connectivity index (χ1n) is 5.20. The molecule has 0 bridgehead atoms. The van der Waals surface area contributed by atoms with Gasteiger partial charge in [0.25, 0.3) is 0 Å². The number of benzene rings is 1. The van der Waals surface area contributed by atoms with Gasteiger partial charge in [0.05, 0.1) is 6.61 Å². The van der Waals surface area contributed by atoms with Gasteiger partial charge in [0.15, 0.2) is 0 Å². The van der Waals surface area contributed by atoms with Crippen LogP contribution in [0.1, 0.15) is 12.0 Å². The van der Waals surface area contributed by atoms with Gasteiger partial charge in [-0.1, -0.05) is 11.6 Å². The summed E-state index contributed by atoms with van der Waals surface area (Å²) in [6.07, 6.45) is 2.18. The van der Waals surface area contributed by atoms with Crippen molar-refractivity contribution in [3.8, 4) is 16.3 Å². The molecule has 4 heteroatoms. The van der Waals surface area contributed by atoms with Crippen LogP contribution < -0.4 is 4.74 Å². The molecule has 0 fully saturated rings. The number of hydrogen-bond donors (Lipinski definition) is 0. The highest BCUT2D eigenvalue weighted by atomic mass is 35.5. The van der Waals surface area contributed by atoms with Crippen molar-refractivity contribution >= 4 is 22.9 Å². The molecule has 0 saturated heterocycles. The van der Waals surface area contributed by atoms with Crippen molar-refractivity contribution in [2.75, 3.05) is 6.61 Å². The largest absolute Gasteiger partial charge is 0.493 e. The molecule has 1 aliphatic heterocycles. The van der Waals surface area contributed by atoms with E-state index in [1.54, 1.807) is 11.3 Å². The van der Waals surface area contributed by atoms with E-state index in [0.29, 0.717) is 5.15 Å². The summed E-state index contributed by atoms with van der Waals surface area (Å²) in [4.78, 5) is 4.27. The number of ether oxygens (including phenoxy) is 1. The summed E-state index contributed by atoms with van der Waals surface area (Å²) in [5.41, 5.74) is 2.40. The van der Waals surface area contributed by atoms with Crippen LogP contribution in [0.2, 0.25) is 5.15 Å². The van der Waals surface area contributed by atoms with Crippen molar-refractivity contribution in [3.05, 3.63) is 34.3 Å². The van der Waals surface area contributed by atoms with Gasteiger partial charge in [-0.2, -0.15) is 0 Å². The summed E-state index contributed by atoms with van der Waals surface area (Å²) in [6, 6.07) is 6.22. The number of halogens is 1. The van der Waals surface area contributed by atoms with E-state index in [2.05, 4.69) is 11.1 Å². The fourth-order valence-electron chi connectivity index (χ4n) is 1.88. The first-order valence-corrected chi connectivity index (χ1v) is 6.46. The number of rotatable bonds is 1. The molecule has 0 amide bonds. The molecular formula is C12H10ClNOS. The van der Waals surface area contributed by atoms with Crippen molar-refractivity contribution in [1.82, 2.24) is 4.98 Å². The van der Waals surface area contributed by atoms with E-state index in [-0.39, 0.29) is 0 Å². The molecule has 0 spiro atoms. The normalized spacial score (nSPS) is 14.3. The highest BCUT2D eigenvalue weighted by Crippen LogP contribution is 2.32. The number of fused-ring (bicyclic) bond motifs is 1. The lowest BCUT2D eigenvalue weighted by Gasteiger charge is -2.17. The maximum Gasteiger partial charge on any atom is 0.140 e. The van der Waals surface area contributed by atoms with Gasteiger partial charge in [-0.3, -0.25) is 0 Å². The monoisotopic (exact) mass is 251 g/mol. The Morgan fingerprint density at radius 2 is 2.31 bits per heavy atom. The number of nitrogens with zero attached hydrogens (tertiary/aromatic N) is 1. The zero-order valence-corrected chi connectivity index (χ0v) is 10.1. The molecule has 0 aliphatic carbocycles. The summed E-state index contributed by atoms with van der Waals surface area (Å²) < 4.78 is 5.58. The van der Waals surface area contributed by atoms with Crippen molar-refractivity contribution in [2.45, 2.75) is 12.8 Å². The van der Waals surface area contributed by atoms with E-state index in [9.17, 15) is 0 Å². The topological polar surface area (TPSA) is 22.1 Å². The van der Waals surface area contributed by atoms with Crippen LogP contribution >= 0.6 is 22.9 Å². The summed E-state index contributed by atoms with van der Waals surface area (Å²) in [6.45, 7) is 0.829. The van der Waals surface area contributed by atoms with E-state index in [1.165, 1.54) is 5.56 Å². The van der Waals surface area contributed by atoms with Gasteiger partial charge in [-0.15, -0.1) is 11.3 Å². The van der Waals surface area contributed by atoms with E-state index in [4.69, 9.17) is 16.3 Å². The summed E-state index contributed by atoms with van der Waals surface area (Å²) in [5, 5.41) is 3.39. The second-order valence-electron chi connectivity index (χ2n) is 3.75. The van der Waals surface area contributed by atoms with E-state index in [0.717, 1.165) is 35.8 Å². The third kappa shape index (κ3) is 1.81. The number of thiazole rings is 1. The summed E-state index contributed by atoms with van der Waals surface area (Å²) >= 11 is 7.40. The second-order valence-corrected chi connectivity index (χ2v) is 5.00. The SMILES string of the molecule is Clc1csc(-c2ccc3c(c2)CCCO3)n1. The van der Waals surface area contributed by atoms with Crippen LogP contribution in [0.15, 0.2) is 23.6 Å². The highest BCUT2D eigenvalue weighted by Gasteiger charge is 2.12. The molecule has 1 aromatic heterocycles. The van der Waals surface area contributed by atoms with Gasteiger partial charge in [0.2, 0.25) is 0 Å². The maximum atomic E-state index is 5.83. The highest BCUT2D eigenvalue weighted by molar-refractivity contribution is 7.13. The lowest BCUT2D eigenvalue weighted by Crippen LogP contribution is -2.07. The van der Waals surface area contributed by atoms with Gasteiger partial charge in [-0.25, -0.2) is 4.98 Å². The molecule has 0 saturated carbocycles. The molecule has 2 aromatic rings. The van der Waals surface area contributed by atoms with Crippen molar-refractivity contribution in [2.24, 2.45) is 0 Å². The Bertz CT molecular complexity index is 523. The van der Waals surface area contributed by atoms with Gasteiger partial charge in [0, 0.05) is 10.9 Å². The van der Waals surface area contributed by atoms with Crippen LogP contribution in [-0.2, 0) is 6.42 Å². The molecule has 0 unspecified atom stereocenters. The molecule has 82 valence electrons. The third-order valence-corrected chi connectivity index (χ3v) is 3.85. The lowest BCUT2D eigenvalue weighted by molar-refractivity contribution is 0.288. The summed E-state index contributed by atoms with van der Waals surface area (Å²) in [7, 11) is 0. The van der Waals surface area contributed by atoms with Crippen molar-refractivity contribution < 1.29 is 4.74 Å². The van der Waals surface area contributed by atoms with Crippen LogP contribution in [0.25, 0.3) is 10.6 Å². The minimum Gasteiger partial charge on any atom is -0.493 e. The van der Waals surface area contributed by atoms with Crippen LogP contribution in [0.4, 0.5) is 0 Å². The minimum atomic E-state index is 0.564. The minimum absolute atomic E-state index is 0.564. The number of aromatic nitrogens is 1. The van der Waals surface area contributed by atoms with Crippen LogP contribution in [0.5, 0.6) is 5.75 Å². The predicted molar refractivity (Wildman–Crippen MR) is 66.4 cm³/mol. The Morgan fingerprint density at radius 1 is 1.38 bits per heavy atom. The Labute approximate surface area is 103 Å². The van der Waals surface area contributed by atoms with E-state index in [1.807, 2.05) is 17.5 Å². The first kappa shape index (κ1) is 10.1. The lowest BCUT2D eigenvalue weighted by atomic mass is 10.0. The van der Waals surface area contributed by atoms with E-state index >= 15 is 0 Å².